The van der Waals surface area contributed by atoms with Gasteiger partial charge < -0.3 is 46.3 Å². The zero-order valence-corrected chi connectivity index (χ0v) is 12.6. The topological polar surface area (TPSA) is 262 Å². The van der Waals surface area contributed by atoms with Crippen LogP contribution in [-0.4, -0.2) is 96.6 Å². The Morgan fingerprint density at radius 2 is 0.545 bits per heavy atom. The predicted molar refractivity (Wildman–Crippen MR) is 62.5 cm³/mol. The second-order valence-electron chi connectivity index (χ2n) is 2.21. The summed E-state index contributed by atoms with van der Waals surface area (Å²) in [4.78, 5) is 36.5. The molecule has 0 heterocycles. The average Bonchev–Trinajstić information content (AvgIpc) is 2.40. The Morgan fingerprint density at radius 3 is 0.545 bits per heavy atom. The van der Waals surface area contributed by atoms with Gasteiger partial charge in [0.15, 0.2) is 0 Å². The van der Waals surface area contributed by atoms with E-state index in [1.807, 2.05) is 0 Å². The van der Waals surface area contributed by atoms with Crippen molar-refractivity contribution in [2.45, 2.75) is 0 Å². The number of aliphatic hydroxyl groups excluding tert-OH is 4. The summed E-state index contributed by atoms with van der Waals surface area (Å²) in [5, 5.41) is 60.1. The summed E-state index contributed by atoms with van der Waals surface area (Å²) >= 11 is 0. The summed E-state index contributed by atoms with van der Waals surface area (Å²) in [5.41, 5.74) is 0. The van der Waals surface area contributed by atoms with Crippen LogP contribution in [0.15, 0.2) is 0 Å². The largest absolute Gasteiger partial charge is 0.480 e. The standard InChI is InChI=1S/4C2H4O3.H2O.Ti/c4*3-1-2(4)5;;/h4*3H,1H2,(H,4,5);1H2;. The number of carboxylic acids is 4. The minimum atomic E-state index is -1.19. The van der Waals surface area contributed by atoms with Crippen molar-refractivity contribution >= 4 is 23.9 Å². The van der Waals surface area contributed by atoms with Gasteiger partial charge in [-0.1, -0.05) is 0 Å². The van der Waals surface area contributed by atoms with Gasteiger partial charge in [-0.05, 0) is 0 Å². The van der Waals surface area contributed by atoms with E-state index in [1.165, 1.54) is 0 Å². The summed E-state index contributed by atoms with van der Waals surface area (Å²) in [7, 11) is 0. The average molecular weight is 370 g/mol. The molecule has 0 saturated heterocycles. The molecule has 0 amide bonds. The molecule has 0 aliphatic heterocycles. The Balaban J connectivity index is -0.0000000376. The van der Waals surface area contributed by atoms with E-state index in [1.54, 1.807) is 0 Å². The third-order valence-electron chi connectivity index (χ3n) is 0.541. The summed E-state index contributed by atoms with van der Waals surface area (Å²) in [6, 6.07) is 0. The van der Waals surface area contributed by atoms with Crippen LogP contribution in [0.25, 0.3) is 0 Å². The zero-order valence-electron chi connectivity index (χ0n) is 11.0. The van der Waals surface area contributed by atoms with Crippen LogP contribution in [0.2, 0.25) is 0 Å². The number of aliphatic carboxylic acids is 4. The van der Waals surface area contributed by atoms with E-state index in [0.717, 1.165) is 0 Å². The van der Waals surface area contributed by atoms with Crippen LogP contribution in [0.1, 0.15) is 0 Å². The maximum absolute atomic E-state index is 9.12. The molecule has 22 heavy (non-hydrogen) atoms. The van der Waals surface area contributed by atoms with E-state index in [4.69, 9.17) is 60.0 Å². The van der Waals surface area contributed by atoms with Crippen LogP contribution >= 0.6 is 0 Å². The van der Waals surface area contributed by atoms with Gasteiger partial charge in [0.2, 0.25) is 0 Å². The van der Waals surface area contributed by atoms with Crippen molar-refractivity contribution in [2.24, 2.45) is 0 Å². The molecular weight excluding hydrogens is 352 g/mol. The van der Waals surface area contributed by atoms with E-state index in [0.29, 0.717) is 0 Å². The fourth-order valence-electron chi connectivity index (χ4n) is 0. The van der Waals surface area contributed by atoms with Crippen LogP contribution in [0, 0.1) is 0 Å². The first-order chi connectivity index (χ1) is 9.08. The van der Waals surface area contributed by atoms with Crippen LogP contribution < -0.4 is 0 Å². The molecule has 0 aliphatic carbocycles. The molecule has 132 valence electrons. The van der Waals surface area contributed by atoms with Crippen molar-refractivity contribution < 1.29 is 87.2 Å². The first-order valence-electron chi connectivity index (χ1n) is 4.39. The first kappa shape index (κ1) is 37.0. The molecule has 0 aromatic rings. The zero-order chi connectivity index (χ0) is 17.1. The Morgan fingerprint density at radius 1 is 0.500 bits per heavy atom. The third kappa shape index (κ3) is 136. The molecule has 13 nitrogen and oxygen atoms in total. The number of hydrogen-bond donors (Lipinski definition) is 8. The van der Waals surface area contributed by atoms with E-state index in [-0.39, 0.29) is 27.2 Å². The second kappa shape index (κ2) is 31.7. The number of hydrogen-bond acceptors (Lipinski definition) is 8. The van der Waals surface area contributed by atoms with Crippen LogP contribution in [0.5, 0.6) is 0 Å². The van der Waals surface area contributed by atoms with Crippen molar-refractivity contribution in [3.8, 4) is 0 Å². The number of carbonyl (C=O) groups is 4. The monoisotopic (exact) mass is 370 g/mol. The van der Waals surface area contributed by atoms with E-state index >= 15 is 0 Å². The normalized spacial score (nSPS) is 6.73. The molecular formula is C8H18O13Ti. The molecule has 0 aromatic carbocycles. The van der Waals surface area contributed by atoms with Gasteiger partial charge in [-0.3, -0.25) is 0 Å². The minimum absolute atomic E-state index is 0. The molecule has 0 aromatic heterocycles. The van der Waals surface area contributed by atoms with Gasteiger partial charge in [0, 0.05) is 21.7 Å². The molecule has 0 aliphatic rings. The summed E-state index contributed by atoms with van der Waals surface area (Å²) in [6.45, 7) is -3.11. The van der Waals surface area contributed by atoms with Crippen molar-refractivity contribution in [3.63, 3.8) is 0 Å². The Kier molecular flexibility index (Phi) is 53.3. The fourth-order valence-corrected chi connectivity index (χ4v) is 0. The van der Waals surface area contributed by atoms with Crippen LogP contribution in [0.3, 0.4) is 0 Å². The van der Waals surface area contributed by atoms with Crippen molar-refractivity contribution in [1.82, 2.24) is 0 Å². The van der Waals surface area contributed by atoms with Gasteiger partial charge in [-0.15, -0.1) is 0 Å². The van der Waals surface area contributed by atoms with Gasteiger partial charge >= 0.3 is 23.9 Å². The van der Waals surface area contributed by atoms with Gasteiger partial charge in [0.1, 0.15) is 26.4 Å². The molecule has 0 rings (SSSR count). The fraction of sp³-hybridized carbons (Fsp3) is 0.500. The predicted octanol–water partition coefficient (Wildman–Crippen LogP) is -4.57. The quantitative estimate of drug-likeness (QED) is 0.217. The van der Waals surface area contributed by atoms with E-state index < -0.39 is 50.3 Å². The minimum Gasteiger partial charge on any atom is -0.480 e. The molecule has 0 spiro atoms. The summed E-state index contributed by atoms with van der Waals surface area (Å²) in [5.74, 6) is -4.76. The SMILES string of the molecule is O.O=C(O)CO.O=C(O)CO.O=C(O)CO.O=C(O)CO.[Ti]. The van der Waals surface area contributed by atoms with Crippen LogP contribution in [-0.2, 0) is 40.9 Å². The number of rotatable bonds is 4. The summed E-state index contributed by atoms with van der Waals surface area (Å²) in [6.07, 6.45) is 0. The Bertz CT molecular complexity index is 223. The second-order valence-corrected chi connectivity index (χ2v) is 2.21. The maximum Gasteiger partial charge on any atom is 0.329 e. The smallest absolute Gasteiger partial charge is 0.329 e. The van der Waals surface area contributed by atoms with Crippen molar-refractivity contribution in [1.29, 1.82) is 0 Å². The molecule has 0 unspecified atom stereocenters. The molecule has 14 heteroatoms. The van der Waals surface area contributed by atoms with Gasteiger partial charge in [-0.2, -0.15) is 0 Å². The Hall–Kier alpha value is -1.61. The first-order valence-corrected chi connectivity index (χ1v) is 4.39. The third-order valence-corrected chi connectivity index (χ3v) is 0.541. The maximum atomic E-state index is 9.12. The molecule has 10 N–H and O–H groups in total. The van der Waals surface area contributed by atoms with E-state index in [2.05, 4.69) is 0 Å². The van der Waals surface area contributed by atoms with Gasteiger partial charge in [0.05, 0.1) is 0 Å². The number of aliphatic hydroxyl groups is 4. The van der Waals surface area contributed by atoms with Crippen LogP contribution in [0.4, 0.5) is 0 Å². The molecule has 0 fully saturated rings. The van der Waals surface area contributed by atoms with Gasteiger partial charge in [-0.25, -0.2) is 19.2 Å². The van der Waals surface area contributed by atoms with Crippen molar-refractivity contribution in [3.05, 3.63) is 0 Å². The molecule has 0 bridgehead atoms. The van der Waals surface area contributed by atoms with Gasteiger partial charge in [0.25, 0.3) is 0 Å². The molecule has 0 radical (unpaired) electrons. The van der Waals surface area contributed by atoms with Crippen molar-refractivity contribution in [2.75, 3.05) is 26.4 Å². The Labute approximate surface area is 138 Å². The molecule has 0 atom stereocenters. The number of carboxylic acid groups (broad SMARTS) is 4. The van der Waals surface area contributed by atoms with E-state index in [9.17, 15) is 0 Å². The molecule has 0 saturated carbocycles. The summed E-state index contributed by atoms with van der Waals surface area (Å²) < 4.78 is 0.